The Balaban J connectivity index is 1.61. The SMILES string of the molecule is CCOC(=O)C1CN(C(=O)OC(C)(C)C)CC1N1C(=O)c2ccccc2C(C(=O)NOCc2ccccc2)C1c1ccc(Cl)cc1Cl. The van der Waals surface area contributed by atoms with Gasteiger partial charge >= 0.3 is 12.1 Å². The maximum atomic E-state index is 14.6. The number of rotatable bonds is 8. The van der Waals surface area contributed by atoms with E-state index in [-0.39, 0.29) is 36.9 Å². The fourth-order valence-corrected chi connectivity index (χ4v) is 6.64. The molecule has 0 aromatic heterocycles. The molecule has 12 heteroatoms. The van der Waals surface area contributed by atoms with Crippen molar-refractivity contribution in [2.75, 3.05) is 19.7 Å². The summed E-state index contributed by atoms with van der Waals surface area (Å²) in [6.07, 6.45) is -0.635. The predicted octanol–water partition coefficient (Wildman–Crippen LogP) is 6.32. The number of nitrogens with zero attached hydrogens (tertiary/aromatic N) is 2. The van der Waals surface area contributed by atoms with E-state index in [1.807, 2.05) is 30.3 Å². The third-order valence-corrected chi connectivity index (χ3v) is 8.64. The summed E-state index contributed by atoms with van der Waals surface area (Å²) in [5.74, 6) is -3.52. The van der Waals surface area contributed by atoms with Gasteiger partial charge in [-0.25, -0.2) is 10.3 Å². The molecule has 47 heavy (non-hydrogen) atoms. The summed E-state index contributed by atoms with van der Waals surface area (Å²) >= 11 is 13.1. The van der Waals surface area contributed by atoms with E-state index in [0.717, 1.165) is 5.56 Å². The number of nitrogens with one attached hydrogen (secondary N) is 1. The summed E-state index contributed by atoms with van der Waals surface area (Å²) in [5, 5.41) is 0.582. The van der Waals surface area contributed by atoms with Gasteiger partial charge in [0.1, 0.15) is 5.60 Å². The van der Waals surface area contributed by atoms with E-state index in [1.54, 1.807) is 64.1 Å². The fraction of sp³-hybridized carbons (Fsp3) is 0.371. The van der Waals surface area contributed by atoms with Gasteiger partial charge in [0.25, 0.3) is 11.8 Å². The van der Waals surface area contributed by atoms with Crippen LogP contribution in [0.5, 0.6) is 0 Å². The lowest BCUT2D eigenvalue weighted by Crippen LogP contribution is -2.55. The first-order valence-electron chi connectivity index (χ1n) is 15.4. The van der Waals surface area contributed by atoms with E-state index in [2.05, 4.69) is 5.48 Å². The van der Waals surface area contributed by atoms with E-state index in [0.29, 0.717) is 16.1 Å². The smallest absolute Gasteiger partial charge is 0.410 e. The average Bonchev–Trinajstić information content (AvgIpc) is 3.46. The van der Waals surface area contributed by atoms with Gasteiger partial charge in [0.2, 0.25) is 0 Å². The third-order valence-electron chi connectivity index (χ3n) is 8.08. The molecule has 3 aromatic rings. The molecule has 5 rings (SSSR count). The summed E-state index contributed by atoms with van der Waals surface area (Å²) in [7, 11) is 0. The number of hydrogen-bond acceptors (Lipinski definition) is 7. The van der Waals surface area contributed by atoms with Crippen molar-refractivity contribution in [1.82, 2.24) is 15.3 Å². The van der Waals surface area contributed by atoms with Crippen LogP contribution in [-0.2, 0) is 30.5 Å². The van der Waals surface area contributed by atoms with Crippen molar-refractivity contribution < 1.29 is 33.5 Å². The zero-order valence-electron chi connectivity index (χ0n) is 26.6. The van der Waals surface area contributed by atoms with E-state index in [9.17, 15) is 19.2 Å². The lowest BCUT2D eigenvalue weighted by molar-refractivity contribution is -0.149. The van der Waals surface area contributed by atoms with Crippen molar-refractivity contribution >= 4 is 47.1 Å². The number of halogens is 2. The summed E-state index contributed by atoms with van der Waals surface area (Å²) in [6, 6.07) is 19.0. The highest BCUT2D eigenvalue weighted by Crippen LogP contribution is 2.48. The maximum absolute atomic E-state index is 14.6. The van der Waals surface area contributed by atoms with Crippen molar-refractivity contribution in [1.29, 1.82) is 0 Å². The molecule has 0 radical (unpaired) electrons. The molecule has 3 aromatic carbocycles. The van der Waals surface area contributed by atoms with Crippen LogP contribution in [0.15, 0.2) is 72.8 Å². The topological polar surface area (TPSA) is 114 Å². The fourth-order valence-electron chi connectivity index (χ4n) is 6.12. The van der Waals surface area contributed by atoms with Crippen molar-refractivity contribution in [3.05, 3.63) is 105 Å². The molecule has 248 valence electrons. The zero-order chi connectivity index (χ0) is 33.9. The van der Waals surface area contributed by atoms with Gasteiger partial charge in [0.15, 0.2) is 0 Å². The molecule has 0 saturated carbocycles. The molecular weight excluding hydrogens is 645 g/mol. The third kappa shape index (κ3) is 7.56. The number of fused-ring (bicyclic) bond motifs is 1. The van der Waals surface area contributed by atoms with Gasteiger partial charge in [0, 0.05) is 28.7 Å². The molecule has 1 fully saturated rings. The lowest BCUT2D eigenvalue weighted by Gasteiger charge is -2.45. The van der Waals surface area contributed by atoms with E-state index >= 15 is 0 Å². The highest BCUT2D eigenvalue weighted by Gasteiger charge is 2.53. The highest BCUT2D eigenvalue weighted by molar-refractivity contribution is 6.35. The Hall–Kier alpha value is -4.12. The second-order valence-electron chi connectivity index (χ2n) is 12.4. The van der Waals surface area contributed by atoms with E-state index in [4.69, 9.17) is 37.5 Å². The Labute approximate surface area is 283 Å². The second-order valence-corrected chi connectivity index (χ2v) is 13.3. The van der Waals surface area contributed by atoms with Gasteiger partial charge < -0.3 is 19.3 Å². The van der Waals surface area contributed by atoms with Crippen molar-refractivity contribution in [2.24, 2.45) is 5.92 Å². The number of esters is 1. The van der Waals surface area contributed by atoms with Crippen LogP contribution in [0.4, 0.5) is 4.79 Å². The largest absolute Gasteiger partial charge is 0.466 e. The van der Waals surface area contributed by atoms with Crippen LogP contribution in [-0.4, -0.2) is 65.0 Å². The van der Waals surface area contributed by atoms with Crippen LogP contribution in [0, 0.1) is 5.92 Å². The Bertz CT molecular complexity index is 1650. The number of carbonyl (C=O) groups excluding carboxylic acids is 4. The Morgan fingerprint density at radius 1 is 0.936 bits per heavy atom. The molecule has 10 nitrogen and oxygen atoms in total. The normalized spacial score (nSPS) is 20.9. The maximum Gasteiger partial charge on any atom is 0.410 e. The Morgan fingerprint density at radius 2 is 1.64 bits per heavy atom. The van der Waals surface area contributed by atoms with Crippen LogP contribution < -0.4 is 5.48 Å². The number of benzene rings is 3. The summed E-state index contributed by atoms with van der Waals surface area (Å²) < 4.78 is 11.1. The minimum absolute atomic E-state index is 0.0488. The quantitative estimate of drug-likeness (QED) is 0.219. The molecule has 2 heterocycles. The van der Waals surface area contributed by atoms with Crippen LogP contribution in [0.2, 0.25) is 10.0 Å². The monoisotopic (exact) mass is 681 g/mol. The Kier molecular flexibility index (Phi) is 10.4. The summed E-state index contributed by atoms with van der Waals surface area (Å²) in [6.45, 7) is 7.02. The molecule has 2 aliphatic rings. The number of ether oxygens (including phenoxy) is 2. The molecule has 0 spiro atoms. The van der Waals surface area contributed by atoms with Gasteiger partial charge in [-0.1, -0.05) is 77.8 Å². The molecule has 4 unspecified atom stereocenters. The van der Waals surface area contributed by atoms with E-state index in [1.165, 1.54) is 15.9 Å². The van der Waals surface area contributed by atoms with E-state index < -0.39 is 53.4 Å². The first-order valence-corrected chi connectivity index (χ1v) is 16.1. The van der Waals surface area contributed by atoms with Crippen LogP contribution in [0.1, 0.15) is 66.7 Å². The molecule has 0 aliphatic carbocycles. The number of hydroxylamine groups is 1. The predicted molar refractivity (Wildman–Crippen MR) is 176 cm³/mol. The van der Waals surface area contributed by atoms with Crippen molar-refractivity contribution in [2.45, 2.75) is 57.9 Å². The second kappa shape index (κ2) is 14.3. The zero-order valence-corrected chi connectivity index (χ0v) is 28.1. The van der Waals surface area contributed by atoms with Crippen molar-refractivity contribution in [3.63, 3.8) is 0 Å². The molecule has 1 saturated heterocycles. The van der Waals surface area contributed by atoms with Gasteiger partial charge in [-0.15, -0.1) is 0 Å². The first-order chi connectivity index (χ1) is 22.4. The van der Waals surface area contributed by atoms with Crippen molar-refractivity contribution in [3.8, 4) is 0 Å². The molecule has 1 N–H and O–H groups in total. The molecular formula is C35H37Cl2N3O7. The van der Waals surface area contributed by atoms with Crippen LogP contribution in [0.3, 0.4) is 0 Å². The molecule has 3 amide bonds. The van der Waals surface area contributed by atoms with Gasteiger partial charge in [-0.3, -0.25) is 19.2 Å². The summed E-state index contributed by atoms with van der Waals surface area (Å²) in [5.41, 5.74) is 3.80. The molecule has 4 atom stereocenters. The molecule has 0 bridgehead atoms. The number of amides is 3. The number of hydrogen-bond donors (Lipinski definition) is 1. The Morgan fingerprint density at radius 3 is 2.32 bits per heavy atom. The lowest BCUT2D eigenvalue weighted by atomic mass is 9.77. The van der Waals surface area contributed by atoms with Crippen LogP contribution in [0.25, 0.3) is 0 Å². The highest BCUT2D eigenvalue weighted by atomic mass is 35.5. The number of carbonyl (C=O) groups is 4. The summed E-state index contributed by atoms with van der Waals surface area (Å²) in [4.78, 5) is 64.1. The van der Waals surface area contributed by atoms with Gasteiger partial charge in [0.05, 0.1) is 37.1 Å². The van der Waals surface area contributed by atoms with Crippen LogP contribution >= 0.6 is 23.2 Å². The minimum Gasteiger partial charge on any atom is -0.466 e. The van der Waals surface area contributed by atoms with Gasteiger partial charge in [-0.2, -0.15) is 0 Å². The first kappa shape index (κ1) is 34.2. The average molecular weight is 683 g/mol. The number of likely N-dealkylation sites (tertiary alicyclic amines) is 1. The van der Waals surface area contributed by atoms with Gasteiger partial charge in [-0.05, 0) is 62.6 Å². The molecule has 2 aliphatic heterocycles. The standard InChI is InChI=1S/C35H37Cl2N3O7/c1-5-45-33(43)26-18-39(34(44)47-35(2,3)4)19-28(26)40-30(25-16-15-22(36)17-27(25)37)29(23-13-9-10-14-24(23)32(40)42)31(41)38-46-20-21-11-7-6-8-12-21/h6-17,26,28-30H,5,18-20H2,1-4H3,(H,38,41). The minimum atomic E-state index is -1.03.